The molecule has 3 rings (SSSR count). The lowest BCUT2D eigenvalue weighted by Crippen LogP contribution is -2.68. The zero-order valence-electron chi connectivity index (χ0n) is 11.7. The number of hydrogen-bond acceptors (Lipinski definition) is 8. The number of carbonyl (C=O) groups is 2. The number of nitrogens with two attached hydrogens (primary N) is 1. The van der Waals surface area contributed by atoms with E-state index >= 15 is 0 Å². The van der Waals surface area contributed by atoms with Crippen LogP contribution in [0.2, 0.25) is 0 Å². The Hall–Kier alpha value is -1.59. The van der Waals surface area contributed by atoms with Crippen LogP contribution in [0.4, 0.5) is 0 Å². The number of hydrogen-bond donors (Lipinski definition) is 2. The Balaban J connectivity index is 1.81. The number of carboxylic acids is 1. The van der Waals surface area contributed by atoms with Gasteiger partial charge in [-0.1, -0.05) is 11.8 Å². The first-order valence-electron chi connectivity index (χ1n) is 6.59. The van der Waals surface area contributed by atoms with Crippen molar-refractivity contribution in [1.29, 1.82) is 0 Å². The van der Waals surface area contributed by atoms with Gasteiger partial charge in [0.15, 0.2) is 0 Å². The van der Waals surface area contributed by atoms with Gasteiger partial charge in [0.25, 0.3) is 0 Å². The number of nitrogens with zero attached hydrogens (tertiary/aromatic N) is 5. The third kappa shape index (κ3) is 2.38. The Kier molecular flexibility index (Phi) is 4.10. The van der Waals surface area contributed by atoms with Gasteiger partial charge in [0.2, 0.25) is 11.1 Å². The van der Waals surface area contributed by atoms with Gasteiger partial charge in [-0.15, -0.1) is 16.9 Å². The molecule has 2 aliphatic heterocycles. The number of amides is 1. The molecule has 2 aliphatic rings. The molecule has 22 heavy (non-hydrogen) atoms. The summed E-state index contributed by atoms with van der Waals surface area (Å²) in [7, 11) is 0. The molecule has 118 valence electrons. The van der Waals surface area contributed by atoms with Gasteiger partial charge in [-0.3, -0.25) is 9.69 Å². The number of fused-ring (bicyclic) bond motifs is 1. The molecule has 1 fully saturated rings. The SMILES string of the molecule is CCn1nnnc1SCC1=C(C(=O)O)N2C(=O)C(N)[C@@H]2SC1. The van der Waals surface area contributed by atoms with E-state index in [1.807, 2.05) is 6.92 Å². The second-order valence-electron chi connectivity index (χ2n) is 4.76. The van der Waals surface area contributed by atoms with Crippen molar-refractivity contribution in [3.8, 4) is 0 Å². The highest BCUT2D eigenvalue weighted by molar-refractivity contribution is 8.01. The summed E-state index contributed by atoms with van der Waals surface area (Å²) < 4.78 is 1.63. The zero-order chi connectivity index (χ0) is 15.9. The molecule has 0 aliphatic carbocycles. The van der Waals surface area contributed by atoms with Crippen molar-refractivity contribution in [3.05, 3.63) is 11.3 Å². The number of aromatic nitrogens is 4. The summed E-state index contributed by atoms with van der Waals surface area (Å²) in [6.07, 6.45) is 0. The molecule has 0 aromatic carbocycles. The Morgan fingerprint density at radius 2 is 2.36 bits per heavy atom. The molecule has 1 saturated heterocycles. The van der Waals surface area contributed by atoms with Crippen molar-refractivity contribution in [2.24, 2.45) is 5.73 Å². The highest BCUT2D eigenvalue weighted by atomic mass is 32.2. The smallest absolute Gasteiger partial charge is 0.352 e. The van der Waals surface area contributed by atoms with E-state index in [0.29, 0.717) is 28.8 Å². The van der Waals surface area contributed by atoms with Crippen molar-refractivity contribution < 1.29 is 14.7 Å². The molecule has 3 N–H and O–H groups in total. The number of carboxylic acid groups (broad SMARTS) is 1. The van der Waals surface area contributed by atoms with E-state index in [0.717, 1.165) is 0 Å². The van der Waals surface area contributed by atoms with Crippen LogP contribution in [0, 0.1) is 0 Å². The summed E-state index contributed by atoms with van der Waals surface area (Å²) in [4.78, 5) is 24.7. The molecule has 9 nitrogen and oxygen atoms in total. The molecule has 2 atom stereocenters. The second-order valence-corrected chi connectivity index (χ2v) is 6.81. The molecule has 1 amide bonds. The maximum absolute atomic E-state index is 11.8. The Morgan fingerprint density at radius 1 is 1.59 bits per heavy atom. The van der Waals surface area contributed by atoms with Crippen LogP contribution in [-0.4, -0.2) is 65.0 Å². The molecule has 0 saturated carbocycles. The van der Waals surface area contributed by atoms with Gasteiger partial charge in [-0.2, -0.15) is 0 Å². The number of aliphatic carboxylic acids is 1. The number of aryl methyl sites for hydroxylation is 1. The summed E-state index contributed by atoms with van der Waals surface area (Å²) in [5.41, 5.74) is 6.45. The standard InChI is InChI=1S/C11H14N6O3S2/c1-2-16-11(13-14-15-16)22-4-5-3-21-9-6(12)8(18)17(9)7(5)10(19)20/h6,9H,2-4,12H2,1H3,(H,19,20)/t6?,9-/m0/s1. The first-order chi connectivity index (χ1) is 10.5. The summed E-state index contributed by atoms with van der Waals surface area (Å²) in [5, 5.41) is 21.1. The van der Waals surface area contributed by atoms with Crippen molar-refractivity contribution >= 4 is 35.4 Å². The Morgan fingerprint density at radius 3 is 3.05 bits per heavy atom. The third-order valence-corrected chi connectivity index (χ3v) is 5.87. The average Bonchev–Trinajstić information content (AvgIpc) is 2.98. The third-order valence-electron chi connectivity index (χ3n) is 3.47. The van der Waals surface area contributed by atoms with Crippen molar-refractivity contribution in [3.63, 3.8) is 0 Å². The van der Waals surface area contributed by atoms with E-state index in [9.17, 15) is 14.7 Å². The summed E-state index contributed by atoms with van der Waals surface area (Å²) in [6, 6.07) is -0.610. The van der Waals surface area contributed by atoms with Crippen molar-refractivity contribution in [1.82, 2.24) is 25.1 Å². The number of β-lactam (4-membered cyclic amide) rings is 1. The Bertz CT molecular complexity index is 660. The van der Waals surface area contributed by atoms with E-state index in [2.05, 4.69) is 15.5 Å². The zero-order valence-corrected chi connectivity index (χ0v) is 13.3. The predicted molar refractivity (Wildman–Crippen MR) is 79.9 cm³/mol. The van der Waals surface area contributed by atoms with Crippen LogP contribution in [0.3, 0.4) is 0 Å². The minimum absolute atomic E-state index is 0.0541. The fourth-order valence-electron chi connectivity index (χ4n) is 2.34. The molecule has 1 aromatic rings. The number of carbonyl (C=O) groups excluding carboxylic acids is 1. The number of thioether (sulfide) groups is 2. The molecule has 0 spiro atoms. The maximum Gasteiger partial charge on any atom is 0.352 e. The molecule has 1 unspecified atom stereocenters. The topological polar surface area (TPSA) is 127 Å². The minimum atomic E-state index is -1.10. The van der Waals surface area contributed by atoms with E-state index < -0.39 is 12.0 Å². The fourth-order valence-corrected chi connectivity index (χ4v) is 4.71. The minimum Gasteiger partial charge on any atom is -0.477 e. The highest BCUT2D eigenvalue weighted by Gasteiger charge is 2.51. The van der Waals surface area contributed by atoms with Gasteiger partial charge in [0.05, 0.1) is 0 Å². The van der Waals surface area contributed by atoms with E-state index in [1.165, 1.54) is 28.4 Å². The summed E-state index contributed by atoms with van der Waals surface area (Å²) >= 11 is 2.85. The molecular weight excluding hydrogens is 328 g/mol. The monoisotopic (exact) mass is 342 g/mol. The van der Waals surface area contributed by atoms with E-state index in [-0.39, 0.29) is 17.0 Å². The van der Waals surface area contributed by atoms with Gasteiger partial charge < -0.3 is 10.8 Å². The molecule has 0 radical (unpaired) electrons. The van der Waals surface area contributed by atoms with Gasteiger partial charge >= 0.3 is 5.97 Å². The number of rotatable bonds is 5. The van der Waals surface area contributed by atoms with Crippen LogP contribution in [0.1, 0.15) is 6.92 Å². The predicted octanol–water partition coefficient (Wildman–Crippen LogP) is -0.634. The van der Waals surface area contributed by atoms with Crippen LogP contribution in [0.5, 0.6) is 0 Å². The van der Waals surface area contributed by atoms with Crippen molar-refractivity contribution in [2.45, 2.75) is 30.0 Å². The van der Waals surface area contributed by atoms with Gasteiger partial charge in [0, 0.05) is 18.1 Å². The van der Waals surface area contributed by atoms with Gasteiger partial charge in [0.1, 0.15) is 17.1 Å². The van der Waals surface area contributed by atoms with Crippen LogP contribution >= 0.6 is 23.5 Å². The average molecular weight is 342 g/mol. The van der Waals surface area contributed by atoms with Crippen LogP contribution in [-0.2, 0) is 16.1 Å². The van der Waals surface area contributed by atoms with Gasteiger partial charge in [-0.05, 0) is 22.9 Å². The van der Waals surface area contributed by atoms with Crippen molar-refractivity contribution in [2.75, 3.05) is 11.5 Å². The summed E-state index contributed by atoms with van der Waals surface area (Å²) in [6.45, 7) is 2.56. The highest BCUT2D eigenvalue weighted by Crippen LogP contribution is 2.40. The van der Waals surface area contributed by atoms with Crippen LogP contribution in [0.15, 0.2) is 16.4 Å². The van der Waals surface area contributed by atoms with Crippen LogP contribution < -0.4 is 5.73 Å². The lowest BCUT2D eigenvalue weighted by Gasteiger charge is -2.48. The molecule has 3 heterocycles. The summed E-state index contributed by atoms with van der Waals surface area (Å²) in [5.74, 6) is -0.489. The molecule has 1 aromatic heterocycles. The lowest BCUT2D eigenvalue weighted by atomic mass is 10.0. The number of tetrazole rings is 1. The normalized spacial score (nSPS) is 24.3. The lowest BCUT2D eigenvalue weighted by molar-refractivity contribution is -0.147. The van der Waals surface area contributed by atoms with Gasteiger partial charge in [-0.25, -0.2) is 9.48 Å². The van der Waals surface area contributed by atoms with Crippen LogP contribution in [0.25, 0.3) is 0 Å². The molecular formula is C11H14N6O3S2. The molecule has 0 bridgehead atoms. The first kappa shape index (κ1) is 15.3. The second kappa shape index (κ2) is 5.89. The van der Waals surface area contributed by atoms with E-state index in [1.54, 1.807) is 4.68 Å². The fraction of sp³-hybridized carbons (Fsp3) is 0.545. The quantitative estimate of drug-likeness (QED) is 0.531. The maximum atomic E-state index is 11.8. The van der Waals surface area contributed by atoms with E-state index in [4.69, 9.17) is 5.73 Å². The molecule has 11 heteroatoms. The largest absolute Gasteiger partial charge is 0.477 e. The first-order valence-corrected chi connectivity index (χ1v) is 8.62. The Labute approximate surface area is 134 Å².